The van der Waals surface area contributed by atoms with E-state index in [1.807, 2.05) is 36.4 Å². The fraction of sp³-hybridized carbons (Fsp3) is 0.240. The van der Waals surface area contributed by atoms with E-state index in [1.54, 1.807) is 26.2 Å². The third-order valence-electron chi connectivity index (χ3n) is 5.57. The number of hydrogen-bond donors (Lipinski definition) is 2. The Morgan fingerprint density at radius 2 is 1.53 bits per heavy atom. The van der Waals surface area contributed by atoms with E-state index in [2.05, 4.69) is 29.6 Å². The molecule has 5 heteroatoms. The molecule has 30 heavy (non-hydrogen) atoms. The second-order valence-corrected chi connectivity index (χ2v) is 7.46. The number of hydrogen-bond acceptors (Lipinski definition) is 4. The van der Waals surface area contributed by atoms with E-state index in [9.17, 15) is 9.90 Å². The quantitative estimate of drug-likeness (QED) is 0.628. The Labute approximate surface area is 176 Å². The molecule has 0 spiro atoms. The largest absolute Gasteiger partial charge is 0.497 e. The lowest BCUT2D eigenvalue weighted by Gasteiger charge is -2.22. The van der Waals surface area contributed by atoms with E-state index in [0.29, 0.717) is 5.75 Å². The van der Waals surface area contributed by atoms with E-state index < -0.39 is 18.2 Å². The number of amides is 1. The summed E-state index contributed by atoms with van der Waals surface area (Å²) in [6.45, 7) is 1.87. The Kier molecular flexibility index (Phi) is 5.72. The van der Waals surface area contributed by atoms with E-state index in [-0.39, 0.29) is 12.5 Å². The maximum atomic E-state index is 12.6. The number of aliphatic hydroxyl groups is 1. The molecule has 5 nitrogen and oxygen atoms in total. The Hall–Kier alpha value is -3.31. The standard InChI is InChI=1S/C25H25NO4/c1-16(27)24(17-11-13-18(29-2)14-12-17)26-25(28)30-15-23-21-9-5-3-7-19(21)20-8-4-6-10-22(20)23/h3-14,16,23-24,27H,15H2,1-2H3,(H,26,28). The molecule has 3 aromatic rings. The molecule has 2 N–H and O–H groups in total. The van der Waals surface area contributed by atoms with Gasteiger partial charge in [0.2, 0.25) is 0 Å². The molecule has 4 rings (SSSR count). The molecule has 2 unspecified atom stereocenters. The number of benzene rings is 3. The molecule has 0 aromatic heterocycles. The summed E-state index contributed by atoms with van der Waals surface area (Å²) in [6.07, 6.45) is -1.34. The number of rotatable bonds is 6. The summed E-state index contributed by atoms with van der Waals surface area (Å²) in [7, 11) is 1.59. The predicted octanol–water partition coefficient (Wildman–Crippen LogP) is 4.66. The molecule has 0 saturated heterocycles. The van der Waals surface area contributed by atoms with Crippen LogP contribution in [0.3, 0.4) is 0 Å². The van der Waals surface area contributed by atoms with E-state index in [1.165, 1.54) is 11.1 Å². The molecule has 0 fully saturated rings. The maximum absolute atomic E-state index is 12.6. The smallest absolute Gasteiger partial charge is 0.407 e. The van der Waals surface area contributed by atoms with Crippen LogP contribution in [0.4, 0.5) is 4.79 Å². The predicted molar refractivity (Wildman–Crippen MR) is 116 cm³/mol. The molecule has 1 aliphatic carbocycles. The first kappa shape index (κ1) is 20.0. The van der Waals surface area contributed by atoms with Gasteiger partial charge in [-0.15, -0.1) is 0 Å². The van der Waals surface area contributed by atoms with Crippen LogP contribution in [0.15, 0.2) is 72.8 Å². The molecule has 3 aromatic carbocycles. The van der Waals surface area contributed by atoms with Crippen LogP contribution in [0.1, 0.15) is 35.6 Å². The lowest BCUT2D eigenvalue weighted by molar-refractivity contribution is 0.112. The van der Waals surface area contributed by atoms with Crippen molar-refractivity contribution < 1.29 is 19.4 Å². The number of carbonyl (C=O) groups is 1. The van der Waals surface area contributed by atoms with Gasteiger partial charge >= 0.3 is 6.09 Å². The van der Waals surface area contributed by atoms with E-state index in [0.717, 1.165) is 16.7 Å². The first-order valence-electron chi connectivity index (χ1n) is 10.0. The van der Waals surface area contributed by atoms with Crippen molar-refractivity contribution in [2.24, 2.45) is 0 Å². The van der Waals surface area contributed by atoms with Gasteiger partial charge in [-0.3, -0.25) is 0 Å². The highest BCUT2D eigenvalue weighted by atomic mass is 16.5. The van der Waals surface area contributed by atoms with Crippen molar-refractivity contribution in [1.29, 1.82) is 0 Å². The van der Waals surface area contributed by atoms with Crippen molar-refractivity contribution in [3.63, 3.8) is 0 Å². The van der Waals surface area contributed by atoms with Crippen LogP contribution in [-0.2, 0) is 4.74 Å². The number of nitrogens with one attached hydrogen (secondary N) is 1. The number of carbonyl (C=O) groups excluding carboxylic acids is 1. The summed E-state index contributed by atoms with van der Waals surface area (Å²) in [5.74, 6) is 0.707. The van der Waals surface area contributed by atoms with Gasteiger partial charge < -0.3 is 19.9 Å². The minimum absolute atomic E-state index is 0.00543. The summed E-state index contributed by atoms with van der Waals surface area (Å²) in [6, 6.07) is 23.1. The van der Waals surface area contributed by atoms with Gasteiger partial charge in [0.15, 0.2) is 0 Å². The van der Waals surface area contributed by atoms with Crippen molar-refractivity contribution in [2.75, 3.05) is 13.7 Å². The molecule has 2 atom stereocenters. The van der Waals surface area contributed by atoms with Crippen molar-refractivity contribution in [2.45, 2.75) is 25.0 Å². The van der Waals surface area contributed by atoms with Crippen LogP contribution in [0.25, 0.3) is 11.1 Å². The van der Waals surface area contributed by atoms with Crippen LogP contribution >= 0.6 is 0 Å². The zero-order chi connectivity index (χ0) is 21.1. The average Bonchev–Trinajstić information content (AvgIpc) is 3.10. The van der Waals surface area contributed by atoms with Crippen molar-refractivity contribution in [3.8, 4) is 16.9 Å². The number of alkyl carbamates (subject to hydrolysis) is 1. The summed E-state index contributed by atoms with van der Waals surface area (Å²) in [5, 5.41) is 13.0. The Morgan fingerprint density at radius 1 is 0.967 bits per heavy atom. The Morgan fingerprint density at radius 3 is 2.07 bits per heavy atom. The molecule has 0 saturated carbocycles. The third kappa shape index (κ3) is 3.89. The van der Waals surface area contributed by atoms with Gasteiger partial charge in [-0.2, -0.15) is 0 Å². The minimum atomic E-state index is -0.779. The van der Waals surface area contributed by atoms with Crippen LogP contribution in [0.2, 0.25) is 0 Å². The average molecular weight is 403 g/mol. The van der Waals surface area contributed by atoms with Gasteiger partial charge in [0, 0.05) is 5.92 Å². The maximum Gasteiger partial charge on any atom is 0.407 e. The van der Waals surface area contributed by atoms with Gasteiger partial charge in [-0.1, -0.05) is 60.7 Å². The summed E-state index contributed by atoms with van der Waals surface area (Å²) in [5.41, 5.74) is 5.46. The SMILES string of the molecule is COc1ccc(C(NC(=O)OCC2c3ccccc3-c3ccccc32)C(C)O)cc1. The minimum Gasteiger partial charge on any atom is -0.497 e. The van der Waals surface area contributed by atoms with Gasteiger partial charge in [-0.25, -0.2) is 4.79 Å². The topological polar surface area (TPSA) is 67.8 Å². The summed E-state index contributed by atoms with van der Waals surface area (Å²) >= 11 is 0. The molecule has 0 radical (unpaired) electrons. The number of ether oxygens (including phenoxy) is 2. The van der Waals surface area contributed by atoms with E-state index in [4.69, 9.17) is 9.47 Å². The Balaban J connectivity index is 1.46. The fourth-order valence-electron chi connectivity index (χ4n) is 4.06. The molecule has 154 valence electrons. The van der Waals surface area contributed by atoms with Crippen molar-refractivity contribution in [3.05, 3.63) is 89.5 Å². The van der Waals surface area contributed by atoms with Gasteiger partial charge in [0.1, 0.15) is 12.4 Å². The Bertz CT molecular complexity index is 984. The zero-order valence-electron chi connectivity index (χ0n) is 17.0. The van der Waals surface area contributed by atoms with Gasteiger partial charge in [0.05, 0.1) is 19.3 Å². The molecule has 0 heterocycles. The van der Waals surface area contributed by atoms with Crippen molar-refractivity contribution in [1.82, 2.24) is 5.32 Å². The number of aliphatic hydroxyl groups excluding tert-OH is 1. The second kappa shape index (κ2) is 8.59. The summed E-state index contributed by atoms with van der Waals surface area (Å²) in [4.78, 5) is 12.6. The molecular formula is C25H25NO4. The highest BCUT2D eigenvalue weighted by Gasteiger charge is 2.29. The summed E-state index contributed by atoms with van der Waals surface area (Å²) < 4.78 is 10.8. The highest BCUT2D eigenvalue weighted by molar-refractivity contribution is 5.79. The normalized spacial score (nSPS) is 14.4. The monoisotopic (exact) mass is 403 g/mol. The zero-order valence-corrected chi connectivity index (χ0v) is 17.0. The molecule has 1 aliphatic rings. The van der Waals surface area contributed by atoms with Crippen LogP contribution in [-0.4, -0.2) is 31.0 Å². The van der Waals surface area contributed by atoms with Crippen LogP contribution in [0.5, 0.6) is 5.75 Å². The van der Waals surface area contributed by atoms with E-state index >= 15 is 0 Å². The molecule has 0 bridgehead atoms. The number of methoxy groups -OCH3 is 1. The number of fused-ring (bicyclic) bond motifs is 3. The highest BCUT2D eigenvalue weighted by Crippen LogP contribution is 2.44. The first-order chi connectivity index (χ1) is 14.6. The second-order valence-electron chi connectivity index (χ2n) is 7.46. The van der Waals surface area contributed by atoms with Gasteiger partial charge in [0.25, 0.3) is 0 Å². The van der Waals surface area contributed by atoms with Crippen molar-refractivity contribution >= 4 is 6.09 Å². The molecule has 1 amide bonds. The lowest BCUT2D eigenvalue weighted by Crippen LogP contribution is -2.36. The molecule has 0 aliphatic heterocycles. The third-order valence-corrected chi connectivity index (χ3v) is 5.57. The van der Waals surface area contributed by atoms with Crippen LogP contribution in [0, 0.1) is 0 Å². The molecular weight excluding hydrogens is 378 g/mol. The van der Waals surface area contributed by atoms with Crippen LogP contribution < -0.4 is 10.1 Å². The first-order valence-corrected chi connectivity index (χ1v) is 10.0. The van der Waals surface area contributed by atoms with Gasteiger partial charge in [-0.05, 0) is 46.9 Å². The lowest BCUT2D eigenvalue weighted by atomic mass is 9.98. The fourth-order valence-corrected chi connectivity index (χ4v) is 4.06.